The lowest BCUT2D eigenvalue weighted by Gasteiger charge is -2.01. The first kappa shape index (κ1) is 8.80. The molecule has 1 aromatic heterocycles. The second-order valence-corrected chi connectivity index (χ2v) is 2.77. The van der Waals surface area contributed by atoms with Gasteiger partial charge in [0.15, 0.2) is 0 Å². The van der Waals surface area contributed by atoms with Crippen molar-refractivity contribution in [2.24, 2.45) is 12.8 Å². The Morgan fingerprint density at radius 3 is 2.75 bits per heavy atom. The van der Waals surface area contributed by atoms with Crippen molar-refractivity contribution >= 4 is 0 Å². The van der Waals surface area contributed by atoms with E-state index in [4.69, 9.17) is 5.73 Å². The largest absolute Gasteiger partial charge is 0.328 e. The summed E-state index contributed by atoms with van der Waals surface area (Å²) >= 11 is 0. The van der Waals surface area contributed by atoms with E-state index in [1.54, 1.807) is 24.0 Å². The van der Waals surface area contributed by atoms with Crippen LogP contribution >= 0.6 is 0 Å². The third-order valence-corrected chi connectivity index (χ3v) is 1.70. The Balaban J connectivity index is 2.83. The standard InChI is InChI=1S/C8H13N3O/c1-7(5-9)6-11-4-3-10(2)8(11)12/h3-4H,1,5-6,9H2,2H3. The third-order valence-electron chi connectivity index (χ3n) is 1.70. The maximum absolute atomic E-state index is 11.3. The van der Waals surface area contributed by atoms with E-state index in [2.05, 4.69) is 6.58 Å². The topological polar surface area (TPSA) is 52.9 Å². The van der Waals surface area contributed by atoms with Gasteiger partial charge in [-0.2, -0.15) is 0 Å². The third kappa shape index (κ3) is 1.65. The molecule has 4 heteroatoms. The molecule has 1 heterocycles. The first-order valence-corrected chi connectivity index (χ1v) is 3.73. The predicted octanol–water partition coefficient (Wildman–Crippen LogP) is -0.298. The fourth-order valence-corrected chi connectivity index (χ4v) is 0.936. The maximum atomic E-state index is 11.3. The number of nitrogens with two attached hydrogens (primary N) is 1. The Morgan fingerprint density at radius 2 is 2.33 bits per heavy atom. The molecule has 0 saturated carbocycles. The Hall–Kier alpha value is -1.29. The van der Waals surface area contributed by atoms with Crippen LogP contribution in [0.5, 0.6) is 0 Å². The van der Waals surface area contributed by atoms with Crippen LogP contribution in [-0.2, 0) is 13.6 Å². The molecule has 0 atom stereocenters. The van der Waals surface area contributed by atoms with Gasteiger partial charge in [0.05, 0.1) is 0 Å². The van der Waals surface area contributed by atoms with E-state index in [-0.39, 0.29) is 5.69 Å². The average molecular weight is 167 g/mol. The van der Waals surface area contributed by atoms with Crippen molar-refractivity contribution < 1.29 is 0 Å². The second-order valence-electron chi connectivity index (χ2n) is 2.77. The molecule has 0 aliphatic heterocycles. The molecule has 0 radical (unpaired) electrons. The molecule has 1 rings (SSSR count). The van der Waals surface area contributed by atoms with Crippen LogP contribution in [0.3, 0.4) is 0 Å². The molecule has 0 aliphatic carbocycles. The van der Waals surface area contributed by atoms with Gasteiger partial charge < -0.3 is 10.3 Å². The number of hydrogen-bond acceptors (Lipinski definition) is 2. The number of rotatable bonds is 3. The maximum Gasteiger partial charge on any atom is 0.328 e. The summed E-state index contributed by atoms with van der Waals surface area (Å²) in [6, 6.07) is 0. The summed E-state index contributed by atoms with van der Waals surface area (Å²) in [5.74, 6) is 0. The lowest BCUT2D eigenvalue weighted by molar-refractivity contribution is 0.702. The molecule has 0 bridgehead atoms. The van der Waals surface area contributed by atoms with Crippen LogP contribution in [0.1, 0.15) is 0 Å². The number of aryl methyl sites for hydroxylation is 1. The van der Waals surface area contributed by atoms with Gasteiger partial charge in [-0.05, 0) is 5.57 Å². The molecule has 0 aromatic carbocycles. The Kier molecular flexibility index (Phi) is 2.50. The highest BCUT2D eigenvalue weighted by Gasteiger charge is 1.99. The normalized spacial score (nSPS) is 10.2. The fourth-order valence-electron chi connectivity index (χ4n) is 0.936. The zero-order valence-corrected chi connectivity index (χ0v) is 7.16. The van der Waals surface area contributed by atoms with Crippen molar-refractivity contribution in [1.29, 1.82) is 0 Å². The highest BCUT2D eigenvalue weighted by Crippen LogP contribution is 1.91. The van der Waals surface area contributed by atoms with Crippen LogP contribution in [0.4, 0.5) is 0 Å². The molecular weight excluding hydrogens is 154 g/mol. The van der Waals surface area contributed by atoms with Crippen LogP contribution in [0.25, 0.3) is 0 Å². The van der Waals surface area contributed by atoms with Gasteiger partial charge in [-0.3, -0.25) is 4.57 Å². The monoisotopic (exact) mass is 167 g/mol. The van der Waals surface area contributed by atoms with Gasteiger partial charge >= 0.3 is 5.69 Å². The van der Waals surface area contributed by atoms with Gasteiger partial charge in [-0.15, -0.1) is 0 Å². The van der Waals surface area contributed by atoms with E-state index in [0.29, 0.717) is 13.1 Å². The molecule has 1 aromatic rings. The van der Waals surface area contributed by atoms with E-state index >= 15 is 0 Å². The summed E-state index contributed by atoms with van der Waals surface area (Å²) in [4.78, 5) is 11.3. The van der Waals surface area contributed by atoms with Gasteiger partial charge in [0.2, 0.25) is 0 Å². The summed E-state index contributed by atoms with van der Waals surface area (Å²) in [7, 11) is 1.71. The summed E-state index contributed by atoms with van der Waals surface area (Å²) in [6.45, 7) is 4.65. The molecule has 0 saturated heterocycles. The van der Waals surface area contributed by atoms with Crippen LogP contribution < -0.4 is 11.4 Å². The van der Waals surface area contributed by atoms with E-state index in [1.807, 2.05) is 0 Å². The van der Waals surface area contributed by atoms with Crippen molar-refractivity contribution in [2.75, 3.05) is 6.54 Å². The Bertz CT molecular complexity index is 334. The van der Waals surface area contributed by atoms with Crippen molar-refractivity contribution in [3.63, 3.8) is 0 Å². The highest BCUT2D eigenvalue weighted by molar-refractivity contribution is 4.97. The molecule has 0 aliphatic rings. The molecule has 0 amide bonds. The smallest absolute Gasteiger partial charge is 0.327 e. The predicted molar refractivity (Wildman–Crippen MR) is 47.9 cm³/mol. The summed E-state index contributed by atoms with van der Waals surface area (Å²) in [5, 5.41) is 0. The Morgan fingerprint density at radius 1 is 1.67 bits per heavy atom. The van der Waals surface area contributed by atoms with E-state index in [9.17, 15) is 4.79 Å². The van der Waals surface area contributed by atoms with Crippen LogP contribution in [-0.4, -0.2) is 15.7 Å². The van der Waals surface area contributed by atoms with Gasteiger partial charge in [0.25, 0.3) is 0 Å². The number of hydrogen-bond donors (Lipinski definition) is 1. The molecular formula is C8H13N3O. The highest BCUT2D eigenvalue weighted by atomic mass is 16.1. The molecule has 0 spiro atoms. The minimum atomic E-state index is -0.0374. The lowest BCUT2D eigenvalue weighted by atomic mass is 10.3. The molecule has 4 nitrogen and oxygen atoms in total. The molecule has 12 heavy (non-hydrogen) atoms. The van der Waals surface area contributed by atoms with E-state index in [1.165, 1.54) is 4.57 Å². The van der Waals surface area contributed by atoms with Crippen LogP contribution in [0, 0.1) is 0 Å². The minimum Gasteiger partial charge on any atom is -0.327 e. The first-order chi connectivity index (χ1) is 5.65. The van der Waals surface area contributed by atoms with Gasteiger partial charge in [0, 0.05) is 32.5 Å². The quantitative estimate of drug-likeness (QED) is 0.628. The summed E-state index contributed by atoms with van der Waals surface area (Å²) < 4.78 is 3.10. The van der Waals surface area contributed by atoms with Crippen LogP contribution in [0.2, 0.25) is 0 Å². The van der Waals surface area contributed by atoms with Gasteiger partial charge in [0.1, 0.15) is 0 Å². The molecule has 0 unspecified atom stereocenters. The molecule has 2 N–H and O–H groups in total. The van der Waals surface area contributed by atoms with Crippen LogP contribution in [0.15, 0.2) is 29.3 Å². The van der Waals surface area contributed by atoms with Crippen molar-refractivity contribution in [1.82, 2.24) is 9.13 Å². The summed E-state index contributed by atoms with van der Waals surface area (Å²) in [5.41, 5.74) is 6.17. The van der Waals surface area contributed by atoms with Crippen molar-refractivity contribution in [2.45, 2.75) is 6.54 Å². The van der Waals surface area contributed by atoms with E-state index < -0.39 is 0 Å². The van der Waals surface area contributed by atoms with Gasteiger partial charge in [-0.25, -0.2) is 4.79 Å². The number of imidazole rings is 1. The zero-order valence-electron chi connectivity index (χ0n) is 7.16. The van der Waals surface area contributed by atoms with Crippen molar-refractivity contribution in [3.05, 3.63) is 35.0 Å². The lowest BCUT2D eigenvalue weighted by Crippen LogP contribution is -2.23. The second kappa shape index (κ2) is 3.40. The number of nitrogens with zero attached hydrogens (tertiary/aromatic N) is 2. The number of aromatic nitrogens is 2. The van der Waals surface area contributed by atoms with Crippen molar-refractivity contribution in [3.8, 4) is 0 Å². The first-order valence-electron chi connectivity index (χ1n) is 3.73. The Labute approximate surface area is 70.9 Å². The SMILES string of the molecule is C=C(CN)Cn1ccn(C)c1=O. The minimum absolute atomic E-state index is 0.0374. The van der Waals surface area contributed by atoms with E-state index in [0.717, 1.165) is 5.57 Å². The zero-order chi connectivity index (χ0) is 9.14. The summed E-state index contributed by atoms with van der Waals surface area (Å²) in [6.07, 6.45) is 3.44. The molecule has 66 valence electrons. The van der Waals surface area contributed by atoms with Gasteiger partial charge in [-0.1, -0.05) is 6.58 Å². The fraction of sp³-hybridized carbons (Fsp3) is 0.375. The average Bonchev–Trinajstić information content (AvgIpc) is 2.36. The molecule has 0 fully saturated rings.